The lowest BCUT2D eigenvalue weighted by Crippen LogP contribution is -1.93. The fourth-order valence-electron chi connectivity index (χ4n) is 1.19. The first-order chi connectivity index (χ1) is 6.77. The number of rotatable bonds is 4. The highest BCUT2D eigenvalue weighted by molar-refractivity contribution is 5.61. The van der Waals surface area contributed by atoms with Crippen molar-refractivity contribution in [1.29, 1.82) is 0 Å². The Morgan fingerprint density at radius 2 is 2.14 bits per heavy atom. The third kappa shape index (κ3) is 2.77. The smallest absolute Gasteiger partial charge is 0.126 e. The highest BCUT2D eigenvalue weighted by Gasteiger charge is 1.98. The summed E-state index contributed by atoms with van der Waals surface area (Å²) in [5, 5.41) is 0. The van der Waals surface area contributed by atoms with E-state index in [9.17, 15) is 0 Å². The van der Waals surface area contributed by atoms with Crippen molar-refractivity contribution in [3.05, 3.63) is 48.1 Å². The van der Waals surface area contributed by atoms with Gasteiger partial charge in [-0.1, -0.05) is 36.4 Å². The molecular formula is C13H16O. The molecule has 0 radical (unpaired) electrons. The van der Waals surface area contributed by atoms with E-state index in [1.165, 1.54) is 0 Å². The molecule has 0 saturated carbocycles. The third-order valence-corrected chi connectivity index (χ3v) is 1.92. The summed E-state index contributed by atoms with van der Waals surface area (Å²) in [6, 6.07) is 8.00. The summed E-state index contributed by atoms with van der Waals surface area (Å²) in [4.78, 5) is 0. The number of benzene rings is 1. The minimum atomic E-state index is 0.692. The van der Waals surface area contributed by atoms with E-state index in [2.05, 4.69) is 12.7 Å². The summed E-state index contributed by atoms with van der Waals surface area (Å²) in [6.45, 7) is 8.43. The molecule has 0 spiro atoms. The van der Waals surface area contributed by atoms with Gasteiger partial charge in [-0.15, -0.1) is 0 Å². The molecule has 14 heavy (non-hydrogen) atoms. The van der Waals surface area contributed by atoms with Crippen molar-refractivity contribution in [2.45, 2.75) is 13.8 Å². The van der Waals surface area contributed by atoms with Gasteiger partial charge in [0.25, 0.3) is 0 Å². The van der Waals surface area contributed by atoms with Crippen LogP contribution in [-0.4, -0.2) is 6.61 Å². The molecule has 0 aliphatic heterocycles. The minimum Gasteiger partial charge on any atom is -0.493 e. The number of hydrogen-bond donors (Lipinski definition) is 0. The van der Waals surface area contributed by atoms with Crippen LogP contribution in [-0.2, 0) is 0 Å². The maximum atomic E-state index is 5.50. The third-order valence-electron chi connectivity index (χ3n) is 1.92. The summed E-state index contributed by atoms with van der Waals surface area (Å²) >= 11 is 0. The van der Waals surface area contributed by atoms with E-state index in [1.807, 2.05) is 44.2 Å². The summed E-state index contributed by atoms with van der Waals surface area (Å²) in [7, 11) is 0. The van der Waals surface area contributed by atoms with Gasteiger partial charge in [-0.2, -0.15) is 0 Å². The van der Waals surface area contributed by atoms with E-state index < -0.39 is 0 Å². The van der Waals surface area contributed by atoms with E-state index >= 15 is 0 Å². The summed E-state index contributed by atoms with van der Waals surface area (Å²) in [5.74, 6) is 0.927. The molecule has 1 aromatic rings. The molecule has 1 heteroatoms. The van der Waals surface area contributed by atoms with E-state index in [0.717, 1.165) is 16.9 Å². The summed E-state index contributed by atoms with van der Waals surface area (Å²) in [5.41, 5.74) is 2.24. The zero-order chi connectivity index (χ0) is 10.4. The molecule has 1 nitrogen and oxygen atoms in total. The van der Waals surface area contributed by atoms with Crippen LogP contribution in [0.25, 0.3) is 6.08 Å². The molecule has 0 bridgehead atoms. The van der Waals surface area contributed by atoms with Crippen LogP contribution >= 0.6 is 0 Å². The molecular weight excluding hydrogens is 172 g/mol. The standard InChI is InChI=1S/C13H16O/c1-4-11(3)10-12-8-6-7-9-13(12)14-5-2/h4,6-10H,1,5H2,2-3H3/b11-10+. The Morgan fingerprint density at radius 3 is 2.79 bits per heavy atom. The first-order valence-corrected chi connectivity index (χ1v) is 4.80. The average Bonchev–Trinajstić information content (AvgIpc) is 2.21. The second kappa shape index (κ2) is 5.28. The highest BCUT2D eigenvalue weighted by Crippen LogP contribution is 2.20. The van der Waals surface area contributed by atoms with Gasteiger partial charge in [-0.05, 0) is 26.0 Å². The Labute approximate surface area is 85.7 Å². The first kappa shape index (κ1) is 10.6. The van der Waals surface area contributed by atoms with Crippen LogP contribution < -0.4 is 4.74 Å². The molecule has 0 heterocycles. The predicted molar refractivity (Wildman–Crippen MR) is 61.5 cm³/mol. The van der Waals surface area contributed by atoms with Crippen LogP contribution in [0.5, 0.6) is 5.75 Å². The SMILES string of the molecule is C=C/C(C)=C/c1ccccc1OCC. The van der Waals surface area contributed by atoms with Crippen molar-refractivity contribution in [3.63, 3.8) is 0 Å². The molecule has 0 fully saturated rings. The number of para-hydroxylation sites is 1. The normalized spacial score (nSPS) is 11.1. The lowest BCUT2D eigenvalue weighted by atomic mass is 10.1. The molecule has 74 valence electrons. The molecule has 0 aliphatic rings. The lowest BCUT2D eigenvalue weighted by molar-refractivity contribution is 0.339. The van der Waals surface area contributed by atoms with Crippen LogP contribution in [0.3, 0.4) is 0 Å². The van der Waals surface area contributed by atoms with Gasteiger partial charge in [0, 0.05) is 5.56 Å². The summed E-state index contributed by atoms with van der Waals surface area (Å²) in [6.07, 6.45) is 3.90. The molecule has 0 aromatic heterocycles. The number of allylic oxidation sites excluding steroid dienone is 2. The van der Waals surface area contributed by atoms with Crippen molar-refractivity contribution >= 4 is 6.08 Å². The van der Waals surface area contributed by atoms with E-state index in [0.29, 0.717) is 6.61 Å². The Morgan fingerprint density at radius 1 is 1.43 bits per heavy atom. The Balaban J connectivity index is 3.00. The van der Waals surface area contributed by atoms with Crippen molar-refractivity contribution < 1.29 is 4.74 Å². The maximum absolute atomic E-state index is 5.50. The van der Waals surface area contributed by atoms with E-state index in [-0.39, 0.29) is 0 Å². The number of ether oxygens (including phenoxy) is 1. The second-order valence-corrected chi connectivity index (χ2v) is 3.06. The first-order valence-electron chi connectivity index (χ1n) is 4.80. The Kier molecular flexibility index (Phi) is 3.99. The Bertz CT molecular complexity index is 337. The van der Waals surface area contributed by atoms with Crippen molar-refractivity contribution in [2.75, 3.05) is 6.61 Å². The highest BCUT2D eigenvalue weighted by atomic mass is 16.5. The van der Waals surface area contributed by atoms with Gasteiger partial charge in [-0.3, -0.25) is 0 Å². The molecule has 0 N–H and O–H groups in total. The predicted octanol–water partition coefficient (Wildman–Crippen LogP) is 3.67. The van der Waals surface area contributed by atoms with Crippen LogP contribution in [0.15, 0.2) is 42.5 Å². The van der Waals surface area contributed by atoms with Gasteiger partial charge in [0.05, 0.1) is 6.61 Å². The van der Waals surface area contributed by atoms with Gasteiger partial charge in [0.1, 0.15) is 5.75 Å². The monoisotopic (exact) mass is 188 g/mol. The topological polar surface area (TPSA) is 9.23 Å². The molecule has 1 aromatic carbocycles. The van der Waals surface area contributed by atoms with Gasteiger partial charge in [0.2, 0.25) is 0 Å². The number of hydrogen-bond acceptors (Lipinski definition) is 1. The van der Waals surface area contributed by atoms with E-state index in [1.54, 1.807) is 0 Å². The zero-order valence-electron chi connectivity index (χ0n) is 8.79. The van der Waals surface area contributed by atoms with Crippen LogP contribution in [0.1, 0.15) is 19.4 Å². The maximum Gasteiger partial charge on any atom is 0.126 e. The average molecular weight is 188 g/mol. The fourth-order valence-corrected chi connectivity index (χ4v) is 1.19. The Hall–Kier alpha value is -1.50. The van der Waals surface area contributed by atoms with Gasteiger partial charge in [-0.25, -0.2) is 0 Å². The molecule has 0 saturated heterocycles. The van der Waals surface area contributed by atoms with Crippen LogP contribution in [0.2, 0.25) is 0 Å². The largest absolute Gasteiger partial charge is 0.493 e. The molecule has 1 rings (SSSR count). The minimum absolute atomic E-state index is 0.692. The van der Waals surface area contributed by atoms with Gasteiger partial charge < -0.3 is 4.74 Å². The summed E-state index contributed by atoms with van der Waals surface area (Å²) < 4.78 is 5.50. The van der Waals surface area contributed by atoms with Crippen LogP contribution in [0, 0.1) is 0 Å². The molecule has 0 aliphatic carbocycles. The van der Waals surface area contributed by atoms with Crippen molar-refractivity contribution in [2.24, 2.45) is 0 Å². The van der Waals surface area contributed by atoms with Crippen molar-refractivity contribution in [1.82, 2.24) is 0 Å². The molecule has 0 amide bonds. The van der Waals surface area contributed by atoms with Crippen molar-refractivity contribution in [3.8, 4) is 5.75 Å². The van der Waals surface area contributed by atoms with E-state index in [4.69, 9.17) is 4.74 Å². The lowest BCUT2D eigenvalue weighted by Gasteiger charge is -2.06. The second-order valence-electron chi connectivity index (χ2n) is 3.06. The molecule has 0 atom stereocenters. The quantitative estimate of drug-likeness (QED) is 0.655. The van der Waals surface area contributed by atoms with Gasteiger partial charge in [0.15, 0.2) is 0 Å². The van der Waals surface area contributed by atoms with Crippen LogP contribution in [0.4, 0.5) is 0 Å². The van der Waals surface area contributed by atoms with Gasteiger partial charge >= 0.3 is 0 Å². The molecule has 0 unspecified atom stereocenters. The fraction of sp³-hybridized carbons (Fsp3) is 0.231. The zero-order valence-corrected chi connectivity index (χ0v) is 8.79.